The monoisotopic (exact) mass is 367 g/mol. The second kappa shape index (κ2) is 8.99. The molecule has 0 radical (unpaired) electrons. The number of hydrogen-bond acceptors (Lipinski definition) is 1. The number of nitrogens with one attached hydrogen (secondary N) is 1. The second-order valence-corrected chi connectivity index (χ2v) is 5.94. The average molecular weight is 367 g/mol. The average Bonchev–Trinajstić information content (AvgIpc) is 2.22. The van der Waals surface area contributed by atoms with Crippen LogP contribution in [0.5, 0.6) is 0 Å². The smallest absolute Gasteiger partial charge is 0.193 e. The molecule has 0 aromatic heterocycles. The molecule has 18 heavy (non-hydrogen) atoms. The summed E-state index contributed by atoms with van der Waals surface area (Å²) in [7, 11) is 0. The molecule has 1 fully saturated rings. The lowest BCUT2D eigenvalue weighted by Gasteiger charge is -2.37. The highest BCUT2D eigenvalue weighted by Gasteiger charge is 2.23. The standard InChI is InChI=1S/C14H29N3.HI/c1-6-15-14(16-8-11(2)3)17-9-12(4)7-13(5)10-17;/h11-13H,6-10H2,1-5H3,(H,15,16);1H. The first-order valence-corrected chi connectivity index (χ1v) is 7.06. The molecule has 2 atom stereocenters. The number of piperidine rings is 1. The lowest BCUT2D eigenvalue weighted by atomic mass is 9.92. The highest BCUT2D eigenvalue weighted by molar-refractivity contribution is 14.0. The van der Waals surface area contributed by atoms with E-state index in [4.69, 9.17) is 4.99 Å². The van der Waals surface area contributed by atoms with Crippen LogP contribution in [0.15, 0.2) is 4.99 Å². The Balaban J connectivity index is 0.00000289. The van der Waals surface area contributed by atoms with Crippen molar-refractivity contribution < 1.29 is 0 Å². The SMILES string of the molecule is CCNC(=NCC(C)C)N1CC(C)CC(C)C1.I. The van der Waals surface area contributed by atoms with Crippen LogP contribution in [0.3, 0.4) is 0 Å². The van der Waals surface area contributed by atoms with Crippen LogP contribution in [0.2, 0.25) is 0 Å². The van der Waals surface area contributed by atoms with E-state index in [1.54, 1.807) is 0 Å². The Hall–Kier alpha value is 0. The van der Waals surface area contributed by atoms with Gasteiger partial charge in [0, 0.05) is 26.2 Å². The van der Waals surface area contributed by atoms with Gasteiger partial charge < -0.3 is 10.2 Å². The summed E-state index contributed by atoms with van der Waals surface area (Å²) in [4.78, 5) is 7.17. The number of nitrogens with zero attached hydrogens (tertiary/aromatic N) is 2. The molecular weight excluding hydrogens is 337 g/mol. The maximum absolute atomic E-state index is 4.74. The molecule has 4 heteroatoms. The fourth-order valence-corrected chi connectivity index (χ4v) is 2.53. The van der Waals surface area contributed by atoms with Crippen LogP contribution in [-0.2, 0) is 0 Å². The van der Waals surface area contributed by atoms with Crippen molar-refractivity contribution in [2.75, 3.05) is 26.2 Å². The van der Waals surface area contributed by atoms with Gasteiger partial charge in [-0.05, 0) is 31.1 Å². The fraction of sp³-hybridized carbons (Fsp3) is 0.929. The largest absolute Gasteiger partial charge is 0.357 e. The summed E-state index contributed by atoms with van der Waals surface area (Å²) >= 11 is 0. The van der Waals surface area contributed by atoms with E-state index in [2.05, 4.69) is 44.8 Å². The summed E-state index contributed by atoms with van der Waals surface area (Å²) in [6.07, 6.45) is 1.35. The Labute approximate surface area is 130 Å². The van der Waals surface area contributed by atoms with Gasteiger partial charge in [0.2, 0.25) is 0 Å². The van der Waals surface area contributed by atoms with Crippen molar-refractivity contribution in [2.24, 2.45) is 22.7 Å². The summed E-state index contributed by atoms with van der Waals surface area (Å²) in [5.41, 5.74) is 0. The van der Waals surface area contributed by atoms with Gasteiger partial charge in [0.1, 0.15) is 0 Å². The van der Waals surface area contributed by atoms with E-state index in [-0.39, 0.29) is 24.0 Å². The number of halogens is 1. The Kier molecular flexibility index (Phi) is 8.99. The zero-order chi connectivity index (χ0) is 12.8. The Bertz CT molecular complexity index is 243. The first-order valence-electron chi connectivity index (χ1n) is 7.06. The molecular formula is C14H30IN3. The van der Waals surface area contributed by atoms with Crippen molar-refractivity contribution in [1.82, 2.24) is 10.2 Å². The summed E-state index contributed by atoms with van der Waals surface area (Å²) in [6.45, 7) is 15.4. The van der Waals surface area contributed by atoms with E-state index >= 15 is 0 Å². The van der Waals surface area contributed by atoms with Crippen LogP contribution in [0.1, 0.15) is 41.0 Å². The molecule has 1 saturated heterocycles. The van der Waals surface area contributed by atoms with Gasteiger partial charge in [-0.3, -0.25) is 4.99 Å². The first kappa shape index (κ1) is 18.0. The molecule has 0 aliphatic carbocycles. The highest BCUT2D eigenvalue weighted by Crippen LogP contribution is 2.20. The predicted molar refractivity (Wildman–Crippen MR) is 90.7 cm³/mol. The van der Waals surface area contributed by atoms with Gasteiger partial charge in [-0.1, -0.05) is 27.7 Å². The number of aliphatic imine (C=N–C) groups is 1. The lowest BCUT2D eigenvalue weighted by Crippen LogP contribution is -2.48. The number of hydrogen-bond donors (Lipinski definition) is 1. The minimum absolute atomic E-state index is 0. The van der Waals surface area contributed by atoms with Gasteiger partial charge in [-0.15, -0.1) is 24.0 Å². The minimum atomic E-state index is 0. The fourth-order valence-electron chi connectivity index (χ4n) is 2.53. The van der Waals surface area contributed by atoms with Crippen molar-refractivity contribution in [3.63, 3.8) is 0 Å². The highest BCUT2D eigenvalue weighted by atomic mass is 127. The van der Waals surface area contributed by atoms with E-state index in [9.17, 15) is 0 Å². The molecule has 2 unspecified atom stereocenters. The van der Waals surface area contributed by atoms with Gasteiger partial charge >= 0.3 is 0 Å². The molecule has 3 nitrogen and oxygen atoms in total. The van der Waals surface area contributed by atoms with Crippen LogP contribution in [0.4, 0.5) is 0 Å². The van der Waals surface area contributed by atoms with Crippen LogP contribution >= 0.6 is 24.0 Å². The van der Waals surface area contributed by atoms with Crippen molar-refractivity contribution in [3.05, 3.63) is 0 Å². The number of rotatable bonds is 3. The molecule has 1 heterocycles. The predicted octanol–water partition coefficient (Wildman–Crippen LogP) is 3.20. The second-order valence-electron chi connectivity index (χ2n) is 5.94. The van der Waals surface area contributed by atoms with Gasteiger partial charge in [0.25, 0.3) is 0 Å². The Morgan fingerprint density at radius 2 is 1.83 bits per heavy atom. The van der Waals surface area contributed by atoms with E-state index in [1.165, 1.54) is 6.42 Å². The number of likely N-dealkylation sites (tertiary alicyclic amines) is 1. The molecule has 0 amide bonds. The molecule has 108 valence electrons. The van der Waals surface area contributed by atoms with Gasteiger partial charge in [-0.25, -0.2) is 0 Å². The van der Waals surface area contributed by atoms with Crippen molar-refractivity contribution in [3.8, 4) is 0 Å². The van der Waals surface area contributed by atoms with E-state index in [0.29, 0.717) is 5.92 Å². The third-order valence-corrected chi connectivity index (χ3v) is 3.11. The van der Waals surface area contributed by atoms with Crippen LogP contribution in [0, 0.1) is 17.8 Å². The maximum atomic E-state index is 4.74. The Morgan fingerprint density at radius 1 is 1.28 bits per heavy atom. The van der Waals surface area contributed by atoms with Crippen LogP contribution in [-0.4, -0.2) is 37.0 Å². The third kappa shape index (κ3) is 6.25. The number of guanidine groups is 1. The summed E-state index contributed by atoms with van der Waals surface area (Å²) in [5.74, 6) is 3.30. The van der Waals surface area contributed by atoms with Crippen molar-refractivity contribution >= 4 is 29.9 Å². The van der Waals surface area contributed by atoms with E-state index < -0.39 is 0 Å². The summed E-state index contributed by atoms with van der Waals surface area (Å²) in [5, 5.41) is 3.42. The molecule has 1 aliphatic rings. The molecule has 0 saturated carbocycles. The lowest BCUT2D eigenvalue weighted by molar-refractivity contribution is 0.208. The van der Waals surface area contributed by atoms with Crippen molar-refractivity contribution in [1.29, 1.82) is 0 Å². The van der Waals surface area contributed by atoms with E-state index in [1.807, 2.05) is 0 Å². The van der Waals surface area contributed by atoms with E-state index in [0.717, 1.165) is 44.0 Å². The molecule has 0 aromatic carbocycles. The molecule has 0 bridgehead atoms. The Morgan fingerprint density at radius 3 is 2.28 bits per heavy atom. The zero-order valence-electron chi connectivity index (χ0n) is 12.6. The van der Waals surface area contributed by atoms with Gasteiger partial charge in [0.05, 0.1) is 0 Å². The normalized spacial score (nSPS) is 25.0. The van der Waals surface area contributed by atoms with Gasteiger partial charge in [-0.2, -0.15) is 0 Å². The summed E-state index contributed by atoms with van der Waals surface area (Å²) in [6, 6.07) is 0. The molecule has 0 spiro atoms. The molecule has 1 aliphatic heterocycles. The summed E-state index contributed by atoms with van der Waals surface area (Å²) < 4.78 is 0. The third-order valence-electron chi connectivity index (χ3n) is 3.11. The van der Waals surface area contributed by atoms with Crippen LogP contribution < -0.4 is 5.32 Å². The van der Waals surface area contributed by atoms with Crippen molar-refractivity contribution in [2.45, 2.75) is 41.0 Å². The van der Waals surface area contributed by atoms with Gasteiger partial charge in [0.15, 0.2) is 5.96 Å². The topological polar surface area (TPSA) is 27.6 Å². The first-order chi connectivity index (χ1) is 8.02. The zero-order valence-corrected chi connectivity index (χ0v) is 14.9. The molecule has 1 rings (SSSR count). The quantitative estimate of drug-likeness (QED) is 0.471. The maximum Gasteiger partial charge on any atom is 0.193 e. The molecule has 0 aromatic rings. The molecule has 1 N–H and O–H groups in total. The van der Waals surface area contributed by atoms with Crippen LogP contribution in [0.25, 0.3) is 0 Å². The minimum Gasteiger partial charge on any atom is -0.357 e.